The predicted octanol–water partition coefficient (Wildman–Crippen LogP) is 2.01. The van der Waals surface area contributed by atoms with Gasteiger partial charge in [-0.15, -0.1) is 12.4 Å². The molecule has 2 nitrogen and oxygen atoms in total. The smallest absolute Gasteiger partial charge is 0.119 e. The minimum Gasteiger partial charge on any atom is -0.492 e. The lowest BCUT2D eigenvalue weighted by molar-refractivity contribution is 0.328. The van der Waals surface area contributed by atoms with Gasteiger partial charge in [-0.3, -0.25) is 0 Å². The van der Waals surface area contributed by atoms with Crippen LogP contribution in [0.4, 0.5) is 0 Å². The van der Waals surface area contributed by atoms with Crippen LogP contribution in [0.2, 0.25) is 0 Å². The van der Waals surface area contributed by atoms with Crippen molar-refractivity contribution >= 4 is 12.4 Å². The normalized spacial score (nSPS) is 9.08. The number of benzene rings is 1. The highest BCUT2D eigenvalue weighted by Crippen LogP contribution is 2.12. The van der Waals surface area contributed by atoms with Crippen LogP contribution in [0.15, 0.2) is 24.3 Å². The maximum atomic E-state index is 5.37. The molecule has 0 heterocycles. The van der Waals surface area contributed by atoms with Crippen molar-refractivity contribution in [2.24, 2.45) is 5.73 Å². The van der Waals surface area contributed by atoms with E-state index in [9.17, 15) is 0 Å². The zero-order chi connectivity index (χ0) is 8.81. The van der Waals surface area contributed by atoms with Crippen LogP contribution in [0.25, 0.3) is 0 Å². The highest BCUT2D eigenvalue weighted by atomic mass is 35.5. The van der Waals surface area contributed by atoms with Crippen molar-refractivity contribution in [1.29, 1.82) is 0 Å². The molecule has 1 aromatic carbocycles. The standard InChI is InChI=1S/C10H15NO.ClH/c1-2-9-4-3-5-10(8-9)12-7-6-11;/h3-5,8H,2,6-7,11H2,1H3;1H. The van der Waals surface area contributed by atoms with E-state index in [2.05, 4.69) is 19.1 Å². The molecule has 3 heteroatoms. The highest BCUT2D eigenvalue weighted by Gasteiger charge is 1.93. The van der Waals surface area contributed by atoms with Crippen LogP contribution in [0, 0.1) is 0 Å². The lowest BCUT2D eigenvalue weighted by atomic mass is 10.2. The van der Waals surface area contributed by atoms with Crippen molar-refractivity contribution < 1.29 is 4.74 Å². The molecule has 1 rings (SSSR count). The van der Waals surface area contributed by atoms with Crippen LogP contribution < -0.4 is 10.5 Å². The quantitative estimate of drug-likeness (QED) is 0.809. The zero-order valence-electron chi connectivity index (χ0n) is 7.82. The van der Waals surface area contributed by atoms with Crippen molar-refractivity contribution in [3.8, 4) is 5.75 Å². The average Bonchev–Trinajstić information content (AvgIpc) is 2.15. The second-order valence-corrected chi connectivity index (χ2v) is 2.64. The summed E-state index contributed by atoms with van der Waals surface area (Å²) in [5.41, 5.74) is 6.62. The van der Waals surface area contributed by atoms with Crippen LogP contribution in [0.1, 0.15) is 12.5 Å². The number of hydrogen-bond acceptors (Lipinski definition) is 2. The lowest BCUT2D eigenvalue weighted by Gasteiger charge is -2.05. The monoisotopic (exact) mass is 201 g/mol. The fourth-order valence-electron chi connectivity index (χ4n) is 1.03. The van der Waals surface area contributed by atoms with Gasteiger partial charge in [0, 0.05) is 6.54 Å². The first-order valence-electron chi connectivity index (χ1n) is 4.28. The van der Waals surface area contributed by atoms with Crippen molar-refractivity contribution in [3.63, 3.8) is 0 Å². The third-order valence-corrected chi connectivity index (χ3v) is 1.69. The van der Waals surface area contributed by atoms with Crippen molar-refractivity contribution in [3.05, 3.63) is 29.8 Å². The van der Waals surface area contributed by atoms with Crippen LogP contribution in [-0.2, 0) is 6.42 Å². The van der Waals surface area contributed by atoms with Crippen LogP contribution in [-0.4, -0.2) is 13.2 Å². The molecule has 0 atom stereocenters. The molecule has 13 heavy (non-hydrogen) atoms. The van der Waals surface area contributed by atoms with E-state index in [4.69, 9.17) is 10.5 Å². The molecule has 0 fully saturated rings. The summed E-state index contributed by atoms with van der Waals surface area (Å²) in [6, 6.07) is 8.10. The Hall–Kier alpha value is -0.730. The summed E-state index contributed by atoms with van der Waals surface area (Å²) in [7, 11) is 0. The van der Waals surface area contributed by atoms with Gasteiger partial charge in [-0.2, -0.15) is 0 Å². The Morgan fingerprint density at radius 3 is 2.77 bits per heavy atom. The van der Waals surface area contributed by atoms with E-state index in [1.165, 1.54) is 5.56 Å². The Balaban J connectivity index is 0.00000144. The lowest BCUT2D eigenvalue weighted by Crippen LogP contribution is -2.10. The van der Waals surface area contributed by atoms with Gasteiger partial charge in [0.05, 0.1) is 0 Å². The second-order valence-electron chi connectivity index (χ2n) is 2.64. The maximum Gasteiger partial charge on any atom is 0.119 e. The molecule has 0 aromatic heterocycles. The fourth-order valence-corrected chi connectivity index (χ4v) is 1.03. The first-order chi connectivity index (χ1) is 5.86. The summed E-state index contributed by atoms with van der Waals surface area (Å²) in [6.45, 7) is 3.28. The minimum absolute atomic E-state index is 0. The number of halogens is 1. The van der Waals surface area contributed by atoms with Gasteiger partial charge in [0.25, 0.3) is 0 Å². The van der Waals surface area contributed by atoms with Gasteiger partial charge < -0.3 is 10.5 Å². The Morgan fingerprint density at radius 2 is 2.15 bits per heavy atom. The summed E-state index contributed by atoms with van der Waals surface area (Å²) >= 11 is 0. The summed E-state index contributed by atoms with van der Waals surface area (Å²) in [5, 5.41) is 0. The first-order valence-corrected chi connectivity index (χ1v) is 4.28. The van der Waals surface area contributed by atoms with E-state index in [1.807, 2.05) is 12.1 Å². The third-order valence-electron chi connectivity index (χ3n) is 1.69. The summed E-state index contributed by atoms with van der Waals surface area (Å²) in [5.74, 6) is 0.916. The topological polar surface area (TPSA) is 35.2 Å². The van der Waals surface area contributed by atoms with Gasteiger partial charge >= 0.3 is 0 Å². The number of ether oxygens (including phenoxy) is 1. The Labute approximate surface area is 85.5 Å². The SMILES string of the molecule is CCc1cccc(OCCN)c1.Cl. The van der Waals surface area contributed by atoms with Crippen LogP contribution in [0.5, 0.6) is 5.75 Å². The number of hydrogen-bond donors (Lipinski definition) is 1. The predicted molar refractivity (Wildman–Crippen MR) is 57.6 cm³/mol. The molecule has 0 saturated carbocycles. The molecule has 0 spiro atoms. The molecule has 0 aliphatic rings. The van der Waals surface area contributed by atoms with Crippen molar-refractivity contribution in [1.82, 2.24) is 0 Å². The molecule has 0 aliphatic heterocycles. The molecule has 74 valence electrons. The van der Waals surface area contributed by atoms with E-state index in [1.54, 1.807) is 0 Å². The van der Waals surface area contributed by atoms with E-state index >= 15 is 0 Å². The van der Waals surface area contributed by atoms with Crippen molar-refractivity contribution in [2.75, 3.05) is 13.2 Å². The van der Waals surface area contributed by atoms with Gasteiger partial charge in [-0.1, -0.05) is 19.1 Å². The molecule has 0 radical (unpaired) electrons. The van der Waals surface area contributed by atoms with E-state index in [0.29, 0.717) is 13.2 Å². The van der Waals surface area contributed by atoms with Gasteiger partial charge in [-0.05, 0) is 24.1 Å². The third kappa shape index (κ3) is 4.15. The minimum atomic E-state index is 0. The fraction of sp³-hybridized carbons (Fsp3) is 0.400. The highest BCUT2D eigenvalue weighted by molar-refractivity contribution is 5.85. The maximum absolute atomic E-state index is 5.37. The van der Waals surface area contributed by atoms with Crippen LogP contribution in [0.3, 0.4) is 0 Å². The van der Waals surface area contributed by atoms with Gasteiger partial charge in [0.15, 0.2) is 0 Å². The summed E-state index contributed by atoms with van der Waals surface area (Å²) < 4.78 is 5.37. The Kier molecular flexibility index (Phi) is 6.37. The molecule has 0 amide bonds. The first kappa shape index (κ1) is 12.3. The van der Waals surface area contributed by atoms with Gasteiger partial charge in [-0.25, -0.2) is 0 Å². The summed E-state index contributed by atoms with van der Waals surface area (Å²) in [4.78, 5) is 0. The van der Waals surface area contributed by atoms with Gasteiger partial charge in [0.1, 0.15) is 12.4 Å². The number of rotatable bonds is 4. The second kappa shape index (κ2) is 6.75. The van der Waals surface area contributed by atoms with Crippen LogP contribution >= 0.6 is 12.4 Å². The molecular formula is C10H16ClNO. The van der Waals surface area contributed by atoms with Gasteiger partial charge in [0.2, 0.25) is 0 Å². The summed E-state index contributed by atoms with van der Waals surface area (Å²) in [6.07, 6.45) is 1.04. The average molecular weight is 202 g/mol. The molecule has 0 unspecified atom stereocenters. The van der Waals surface area contributed by atoms with Crippen molar-refractivity contribution in [2.45, 2.75) is 13.3 Å². The number of nitrogens with two attached hydrogens (primary N) is 1. The molecular weight excluding hydrogens is 186 g/mol. The zero-order valence-corrected chi connectivity index (χ0v) is 8.64. The molecule has 2 N–H and O–H groups in total. The molecule has 0 aliphatic carbocycles. The van der Waals surface area contributed by atoms with E-state index in [0.717, 1.165) is 12.2 Å². The molecule has 0 saturated heterocycles. The molecule has 1 aromatic rings. The number of aryl methyl sites for hydroxylation is 1. The van der Waals surface area contributed by atoms with E-state index in [-0.39, 0.29) is 12.4 Å². The largest absolute Gasteiger partial charge is 0.492 e. The van der Waals surface area contributed by atoms with E-state index < -0.39 is 0 Å². The Bertz CT molecular complexity index is 240. The Morgan fingerprint density at radius 1 is 1.38 bits per heavy atom. The molecule has 0 bridgehead atoms.